The van der Waals surface area contributed by atoms with Crippen molar-refractivity contribution in [3.8, 4) is 17.2 Å². The van der Waals surface area contributed by atoms with Gasteiger partial charge in [0.25, 0.3) is 5.91 Å². The van der Waals surface area contributed by atoms with Gasteiger partial charge < -0.3 is 24.4 Å². The van der Waals surface area contributed by atoms with Crippen LogP contribution in [0.3, 0.4) is 0 Å². The van der Waals surface area contributed by atoms with Crippen LogP contribution in [0.4, 0.5) is 0 Å². The van der Waals surface area contributed by atoms with Crippen LogP contribution in [-0.4, -0.2) is 67.8 Å². The number of para-hydroxylation sites is 2. The third-order valence-corrected chi connectivity index (χ3v) is 6.37. The van der Waals surface area contributed by atoms with E-state index in [4.69, 9.17) is 9.47 Å². The van der Waals surface area contributed by atoms with Crippen molar-refractivity contribution in [1.29, 1.82) is 0 Å². The average molecular weight is 491 g/mol. The molecule has 1 aliphatic rings. The molecule has 1 N–H and O–H groups in total. The summed E-state index contributed by atoms with van der Waals surface area (Å²) in [5.41, 5.74) is 2.03. The van der Waals surface area contributed by atoms with Gasteiger partial charge in [-0.1, -0.05) is 36.1 Å². The number of methoxy groups -OCH3 is 2. The first-order valence-corrected chi connectivity index (χ1v) is 11.7. The van der Waals surface area contributed by atoms with Crippen LogP contribution in [0.15, 0.2) is 60.3 Å². The van der Waals surface area contributed by atoms with Gasteiger partial charge in [0.05, 0.1) is 59.3 Å². The van der Waals surface area contributed by atoms with Crippen molar-refractivity contribution < 1.29 is 29.1 Å². The van der Waals surface area contributed by atoms with Crippen LogP contribution in [0.1, 0.15) is 22.9 Å². The molecule has 36 heavy (non-hydrogen) atoms. The Morgan fingerprint density at radius 3 is 2.42 bits per heavy atom. The number of Topliss-reactive ketones (excluding diaryl/α,β-unsaturated/α-hetero) is 1. The molecule has 0 radical (unpaired) electrons. The van der Waals surface area contributed by atoms with Gasteiger partial charge in [0.2, 0.25) is 5.78 Å². The zero-order valence-corrected chi connectivity index (χ0v) is 21.1. The SMILES string of the molecule is COc1cccc(C2C(=C([O-])c3cnn(-c4ccccc4)c3C)C(=O)C(=O)N2CC[NH+](C)C)c1OC. The van der Waals surface area contributed by atoms with Crippen molar-refractivity contribution >= 4 is 17.4 Å². The summed E-state index contributed by atoms with van der Waals surface area (Å²) in [5, 5.41) is 18.3. The van der Waals surface area contributed by atoms with Crippen molar-refractivity contribution in [3.05, 3.63) is 77.1 Å². The van der Waals surface area contributed by atoms with E-state index in [0.717, 1.165) is 10.6 Å². The fraction of sp³-hybridized carbons (Fsp3) is 0.296. The lowest BCUT2D eigenvalue weighted by Crippen LogP contribution is -3.06. The number of ether oxygens (including phenoxy) is 2. The number of amides is 1. The van der Waals surface area contributed by atoms with Gasteiger partial charge in [-0.2, -0.15) is 5.10 Å². The summed E-state index contributed by atoms with van der Waals surface area (Å²) in [4.78, 5) is 29.1. The molecular formula is C27H30N4O5. The van der Waals surface area contributed by atoms with E-state index in [0.29, 0.717) is 29.3 Å². The lowest BCUT2D eigenvalue weighted by Gasteiger charge is -2.29. The molecule has 4 rings (SSSR count). The fourth-order valence-electron chi connectivity index (χ4n) is 4.50. The zero-order valence-electron chi connectivity index (χ0n) is 21.1. The number of benzene rings is 2. The minimum Gasteiger partial charge on any atom is -0.872 e. The first-order chi connectivity index (χ1) is 17.3. The van der Waals surface area contributed by atoms with Crippen LogP contribution in [0.5, 0.6) is 11.5 Å². The summed E-state index contributed by atoms with van der Waals surface area (Å²) in [6.07, 6.45) is 1.45. The second-order valence-electron chi connectivity index (χ2n) is 8.90. The van der Waals surface area contributed by atoms with Gasteiger partial charge in [0.1, 0.15) is 0 Å². The lowest BCUT2D eigenvalue weighted by atomic mass is 9.94. The van der Waals surface area contributed by atoms with Crippen LogP contribution in [-0.2, 0) is 9.59 Å². The molecule has 1 fully saturated rings. The summed E-state index contributed by atoms with van der Waals surface area (Å²) >= 11 is 0. The number of quaternary nitrogens is 1. The molecule has 1 aliphatic heterocycles. The third-order valence-electron chi connectivity index (χ3n) is 6.37. The molecule has 188 valence electrons. The highest BCUT2D eigenvalue weighted by atomic mass is 16.5. The Labute approximate surface area is 210 Å². The largest absolute Gasteiger partial charge is 0.872 e. The Balaban J connectivity index is 1.91. The van der Waals surface area contributed by atoms with Gasteiger partial charge in [-0.05, 0) is 25.1 Å². The normalized spacial score (nSPS) is 17.2. The standard InChI is InChI=1S/C27H30N4O5/c1-17-20(16-28-31(17)18-10-7-6-8-11-18)24(32)22-23(19-12-9-13-21(35-4)26(19)36-5)30(15-14-29(2)3)27(34)25(22)33/h6-13,16,23,32H,14-15H2,1-5H3. The van der Waals surface area contributed by atoms with E-state index in [1.165, 1.54) is 25.3 Å². The number of nitrogens with one attached hydrogen (secondary N) is 1. The van der Waals surface area contributed by atoms with E-state index in [-0.39, 0.29) is 17.7 Å². The molecule has 0 bridgehead atoms. The van der Waals surface area contributed by atoms with Crippen LogP contribution >= 0.6 is 0 Å². The number of hydrogen-bond acceptors (Lipinski definition) is 6. The number of hydrogen-bond donors (Lipinski definition) is 1. The Kier molecular flexibility index (Phi) is 7.12. The van der Waals surface area contributed by atoms with Crippen LogP contribution in [0.2, 0.25) is 0 Å². The number of likely N-dealkylation sites (N-methyl/N-ethyl adjacent to an activating group) is 1. The smallest absolute Gasteiger partial charge is 0.295 e. The predicted molar refractivity (Wildman–Crippen MR) is 132 cm³/mol. The van der Waals surface area contributed by atoms with Crippen LogP contribution < -0.4 is 19.5 Å². The minimum absolute atomic E-state index is 0.115. The van der Waals surface area contributed by atoms with Gasteiger partial charge in [-0.15, -0.1) is 0 Å². The molecule has 1 saturated heterocycles. The van der Waals surface area contributed by atoms with E-state index in [9.17, 15) is 14.7 Å². The predicted octanol–water partition coefficient (Wildman–Crippen LogP) is 0.566. The summed E-state index contributed by atoms with van der Waals surface area (Å²) < 4.78 is 12.7. The molecular weight excluding hydrogens is 460 g/mol. The molecule has 1 atom stereocenters. The zero-order chi connectivity index (χ0) is 26.0. The molecule has 3 aromatic rings. The highest BCUT2D eigenvalue weighted by Crippen LogP contribution is 2.45. The van der Waals surface area contributed by atoms with Crippen molar-refractivity contribution in [2.45, 2.75) is 13.0 Å². The summed E-state index contributed by atoms with van der Waals surface area (Å²) in [6, 6.07) is 13.7. The van der Waals surface area contributed by atoms with Crippen molar-refractivity contribution in [2.75, 3.05) is 41.4 Å². The molecule has 2 heterocycles. The second kappa shape index (κ2) is 10.2. The summed E-state index contributed by atoms with van der Waals surface area (Å²) in [7, 11) is 6.92. The Bertz CT molecular complexity index is 1310. The Morgan fingerprint density at radius 1 is 1.06 bits per heavy atom. The van der Waals surface area contributed by atoms with Crippen molar-refractivity contribution in [3.63, 3.8) is 0 Å². The van der Waals surface area contributed by atoms with Gasteiger partial charge in [-0.25, -0.2) is 4.68 Å². The molecule has 9 nitrogen and oxygen atoms in total. The van der Waals surface area contributed by atoms with E-state index in [1.807, 2.05) is 44.4 Å². The molecule has 0 saturated carbocycles. The van der Waals surface area contributed by atoms with E-state index >= 15 is 0 Å². The monoisotopic (exact) mass is 490 g/mol. The highest BCUT2D eigenvalue weighted by Gasteiger charge is 2.46. The Hall–Kier alpha value is -4.11. The molecule has 2 aromatic carbocycles. The highest BCUT2D eigenvalue weighted by molar-refractivity contribution is 6.46. The molecule has 1 amide bonds. The van der Waals surface area contributed by atoms with E-state index < -0.39 is 23.5 Å². The number of ketones is 1. The van der Waals surface area contributed by atoms with E-state index in [2.05, 4.69) is 5.10 Å². The number of carbonyl (C=O) groups excluding carboxylic acids is 2. The third kappa shape index (κ3) is 4.33. The summed E-state index contributed by atoms with van der Waals surface area (Å²) in [5.74, 6) is -1.22. The molecule has 9 heteroatoms. The van der Waals surface area contributed by atoms with Gasteiger partial charge in [-0.3, -0.25) is 9.59 Å². The number of carbonyl (C=O) groups is 2. The van der Waals surface area contributed by atoms with Gasteiger partial charge in [0.15, 0.2) is 11.5 Å². The average Bonchev–Trinajstić information content (AvgIpc) is 3.39. The minimum atomic E-state index is -0.915. The molecule has 1 unspecified atom stereocenters. The maximum Gasteiger partial charge on any atom is 0.295 e. The van der Waals surface area contributed by atoms with Gasteiger partial charge in [0, 0.05) is 22.4 Å². The lowest BCUT2D eigenvalue weighted by molar-refractivity contribution is -0.857. The maximum absolute atomic E-state index is 13.9. The first-order valence-electron chi connectivity index (χ1n) is 11.7. The Morgan fingerprint density at radius 2 is 1.78 bits per heavy atom. The molecule has 0 aliphatic carbocycles. The molecule has 1 aromatic heterocycles. The summed E-state index contributed by atoms with van der Waals surface area (Å²) in [6.45, 7) is 2.65. The number of rotatable bonds is 8. The first kappa shape index (κ1) is 25.0. The number of nitrogens with zero attached hydrogens (tertiary/aromatic N) is 3. The number of aromatic nitrogens is 2. The number of likely N-dealkylation sites (tertiary alicyclic amines) is 1. The van der Waals surface area contributed by atoms with Crippen LogP contribution in [0.25, 0.3) is 11.4 Å². The van der Waals surface area contributed by atoms with Crippen molar-refractivity contribution in [2.24, 2.45) is 0 Å². The quantitative estimate of drug-likeness (QED) is 0.282. The molecule has 0 spiro atoms. The van der Waals surface area contributed by atoms with Crippen LogP contribution in [0, 0.1) is 6.92 Å². The van der Waals surface area contributed by atoms with Gasteiger partial charge >= 0.3 is 0 Å². The van der Waals surface area contributed by atoms with Crippen molar-refractivity contribution in [1.82, 2.24) is 14.7 Å². The maximum atomic E-state index is 13.9. The topological polar surface area (TPSA) is 101 Å². The second-order valence-corrected chi connectivity index (χ2v) is 8.90. The fourth-order valence-corrected chi connectivity index (χ4v) is 4.50. The van der Waals surface area contributed by atoms with E-state index in [1.54, 1.807) is 29.8 Å².